The van der Waals surface area contributed by atoms with Gasteiger partial charge in [-0.2, -0.15) is 0 Å². The van der Waals surface area contributed by atoms with E-state index in [0.29, 0.717) is 0 Å². The van der Waals surface area contributed by atoms with Crippen LogP contribution in [0.5, 0.6) is 0 Å². The molecule has 1 rings (SSSR count). The first-order valence-electron chi connectivity index (χ1n) is 3.96. The zero-order valence-corrected chi connectivity index (χ0v) is 7.22. The van der Waals surface area contributed by atoms with Crippen molar-refractivity contribution < 1.29 is 0 Å². The lowest BCUT2D eigenvalue weighted by Gasteiger charge is -1.98. The summed E-state index contributed by atoms with van der Waals surface area (Å²) in [4.78, 5) is 4.03. The number of nitrogens with zero attached hydrogens (tertiary/aromatic N) is 1. The molecular weight excluding hydrogens is 122 g/mol. The van der Waals surface area contributed by atoms with Crippen LogP contribution in [0.2, 0.25) is 0 Å². The summed E-state index contributed by atoms with van der Waals surface area (Å²) in [5.74, 6) is 0. The average molecular weight is 139 g/mol. The van der Waals surface area contributed by atoms with Gasteiger partial charge >= 0.3 is 0 Å². The highest BCUT2D eigenvalue weighted by Crippen LogP contribution is 2.01. The molecule has 0 radical (unpaired) electrons. The summed E-state index contributed by atoms with van der Waals surface area (Å²) < 4.78 is 0. The first-order valence-corrected chi connectivity index (χ1v) is 3.96. The summed E-state index contributed by atoms with van der Waals surface area (Å²) in [6, 6.07) is 0. The lowest BCUT2D eigenvalue weighted by molar-refractivity contribution is 0.943. The lowest BCUT2D eigenvalue weighted by atomic mass is 10.2. The Hall–Kier alpha value is -0.590. The van der Waals surface area contributed by atoms with E-state index in [9.17, 15) is 0 Å². The highest BCUT2D eigenvalue weighted by atomic mass is 14.7. The summed E-state index contributed by atoms with van der Waals surface area (Å²) in [6.07, 6.45) is 6.33. The molecule has 0 spiro atoms. The van der Waals surface area contributed by atoms with Gasteiger partial charge in [-0.3, -0.25) is 4.99 Å². The Labute approximate surface area is 63.9 Å². The quantitative estimate of drug-likeness (QED) is 0.489. The van der Waals surface area contributed by atoms with E-state index in [0.717, 1.165) is 13.0 Å². The Bertz CT molecular complexity index is 123. The van der Waals surface area contributed by atoms with Crippen molar-refractivity contribution in [2.24, 2.45) is 4.99 Å². The molecule has 1 aliphatic heterocycles. The maximum absolute atomic E-state index is 4.03. The van der Waals surface area contributed by atoms with E-state index < -0.39 is 0 Å². The molecule has 0 saturated heterocycles. The van der Waals surface area contributed by atoms with Crippen LogP contribution in [0.3, 0.4) is 0 Å². The van der Waals surface area contributed by atoms with E-state index >= 15 is 0 Å². The van der Waals surface area contributed by atoms with Crippen LogP contribution in [-0.4, -0.2) is 12.8 Å². The summed E-state index contributed by atoms with van der Waals surface area (Å²) in [5, 5.41) is 0. The number of allylic oxidation sites excluding steroid dienone is 1. The fourth-order valence-corrected chi connectivity index (χ4v) is 0.579. The first-order chi connectivity index (χ1) is 4.81. The molecule has 0 unspecified atom stereocenters. The van der Waals surface area contributed by atoms with Gasteiger partial charge < -0.3 is 0 Å². The van der Waals surface area contributed by atoms with Gasteiger partial charge in [0.05, 0.1) is 0 Å². The van der Waals surface area contributed by atoms with Gasteiger partial charge in [0.15, 0.2) is 0 Å². The fourth-order valence-electron chi connectivity index (χ4n) is 0.579. The smallest absolute Gasteiger partial charge is 0.0426 e. The van der Waals surface area contributed by atoms with E-state index in [1.54, 1.807) is 0 Å². The minimum absolute atomic E-state index is 0.988. The minimum atomic E-state index is 0.988. The molecular formula is C9H17N. The monoisotopic (exact) mass is 139 g/mol. The number of hydrogen-bond donors (Lipinski definition) is 0. The van der Waals surface area contributed by atoms with Crippen molar-refractivity contribution in [2.75, 3.05) is 6.54 Å². The number of hydrogen-bond acceptors (Lipinski definition) is 1. The third kappa shape index (κ3) is 5.54. The highest BCUT2D eigenvalue weighted by molar-refractivity contribution is 5.72. The molecule has 0 fully saturated rings. The molecule has 1 aliphatic rings. The van der Waals surface area contributed by atoms with Gasteiger partial charge in [-0.05, 0) is 19.4 Å². The van der Waals surface area contributed by atoms with E-state index in [4.69, 9.17) is 0 Å². The van der Waals surface area contributed by atoms with Crippen molar-refractivity contribution in [3.63, 3.8) is 0 Å². The van der Waals surface area contributed by atoms with E-state index in [2.05, 4.69) is 31.8 Å². The molecule has 0 atom stereocenters. The molecule has 58 valence electrons. The summed E-state index contributed by atoms with van der Waals surface area (Å²) in [5.41, 5.74) is 1.44. The second-order valence-corrected chi connectivity index (χ2v) is 2.53. The van der Waals surface area contributed by atoms with Crippen LogP contribution in [0.25, 0.3) is 0 Å². The molecule has 0 saturated carbocycles. The third-order valence-corrected chi connectivity index (χ3v) is 1.10. The highest BCUT2D eigenvalue weighted by Gasteiger charge is 1.89. The fraction of sp³-hybridized carbons (Fsp3) is 0.667. The van der Waals surface area contributed by atoms with Crippen molar-refractivity contribution in [3.8, 4) is 0 Å². The number of rotatable bonds is 0. The molecule has 0 aliphatic carbocycles. The third-order valence-electron chi connectivity index (χ3n) is 1.10. The largest absolute Gasteiger partial charge is 0.293 e. The maximum Gasteiger partial charge on any atom is 0.0426 e. The van der Waals surface area contributed by atoms with Gasteiger partial charge in [0, 0.05) is 12.8 Å². The second-order valence-electron chi connectivity index (χ2n) is 2.53. The van der Waals surface area contributed by atoms with Gasteiger partial charge in [-0.25, -0.2) is 0 Å². The Kier molecular flexibility index (Phi) is 6.14. The van der Waals surface area contributed by atoms with Crippen molar-refractivity contribution >= 4 is 6.21 Å². The number of dihydropyridines is 1. The summed E-state index contributed by atoms with van der Waals surface area (Å²) >= 11 is 0. The first kappa shape index (κ1) is 9.41. The molecule has 10 heavy (non-hydrogen) atoms. The van der Waals surface area contributed by atoms with Crippen molar-refractivity contribution in [1.82, 2.24) is 0 Å². The van der Waals surface area contributed by atoms with Gasteiger partial charge in [0.25, 0.3) is 0 Å². The zero-order valence-electron chi connectivity index (χ0n) is 7.22. The molecule has 1 nitrogen and oxygen atoms in total. The zero-order chi connectivity index (χ0) is 7.82. The maximum atomic E-state index is 4.03. The van der Waals surface area contributed by atoms with E-state index in [1.165, 1.54) is 12.0 Å². The summed E-state index contributed by atoms with van der Waals surface area (Å²) in [7, 11) is 0. The Morgan fingerprint density at radius 2 is 2.10 bits per heavy atom. The van der Waals surface area contributed by atoms with Crippen LogP contribution in [0.15, 0.2) is 16.6 Å². The van der Waals surface area contributed by atoms with Gasteiger partial charge in [-0.15, -0.1) is 0 Å². The predicted molar refractivity (Wildman–Crippen MR) is 47.7 cm³/mol. The average Bonchev–Trinajstić information content (AvgIpc) is 1.91. The normalized spacial score (nSPS) is 15.3. The van der Waals surface area contributed by atoms with Gasteiger partial charge in [0.1, 0.15) is 0 Å². The SMILES string of the molecule is CC1=CC=NCC1.CCC. The van der Waals surface area contributed by atoms with Crippen molar-refractivity contribution in [2.45, 2.75) is 33.6 Å². The predicted octanol–water partition coefficient (Wildman–Crippen LogP) is 2.82. The van der Waals surface area contributed by atoms with Crippen LogP contribution in [0.4, 0.5) is 0 Å². The van der Waals surface area contributed by atoms with Crippen molar-refractivity contribution in [1.29, 1.82) is 0 Å². The molecule has 0 aromatic rings. The van der Waals surface area contributed by atoms with Crippen LogP contribution < -0.4 is 0 Å². The van der Waals surface area contributed by atoms with E-state index in [-0.39, 0.29) is 0 Å². The molecule has 1 heteroatoms. The van der Waals surface area contributed by atoms with Crippen LogP contribution in [-0.2, 0) is 0 Å². The molecule has 0 amide bonds. The van der Waals surface area contributed by atoms with Crippen LogP contribution in [0, 0.1) is 0 Å². The topological polar surface area (TPSA) is 12.4 Å². The molecule has 0 N–H and O–H groups in total. The molecule has 1 heterocycles. The standard InChI is InChI=1S/C6H9N.C3H8/c1-6-2-4-7-5-3-6;1-3-2/h2,4H,3,5H2,1H3;3H2,1-2H3. The lowest BCUT2D eigenvalue weighted by Crippen LogP contribution is -1.89. The van der Waals surface area contributed by atoms with Gasteiger partial charge in [0.2, 0.25) is 0 Å². The van der Waals surface area contributed by atoms with Crippen LogP contribution in [0.1, 0.15) is 33.6 Å². The molecule has 0 aromatic heterocycles. The minimum Gasteiger partial charge on any atom is -0.293 e. The Morgan fingerprint density at radius 1 is 1.50 bits per heavy atom. The molecule has 0 aromatic carbocycles. The van der Waals surface area contributed by atoms with Crippen LogP contribution >= 0.6 is 0 Å². The molecule has 0 bridgehead atoms. The van der Waals surface area contributed by atoms with Crippen molar-refractivity contribution in [3.05, 3.63) is 11.6 Å². The Balaban J connectivity index is 0.000000236. The second kappa shape index (κ2) is 6.53. The number of aliphatic imine (C=N–C) groups is 1. The summed E-state index contributed by atoms with van der Waals surface area (Å²) in [6.45, 7) is 7.37. The van der Waals surface area contributed by atoms with E-state index in [1.807, 2.05) is 6.21 Å². The Morgan fingerprint density at radius 3 is 2.30 bits per heavy atom. The van der Waals surface area contributed by atoms with Gasteiger partial charge in [-0.1, -0.05) is 25.8 Å².